The van der Waals surface area contributed by atoms with Gasteiger partial charge in [0.2, 0.25) is 0 Å². The summed E-state index contributed by atoms with van der Waals surface area (Å²) in [5.74, 6) is 0.0332. The molecule has 3 N–H and O–H groups in total. The quantitative estimate of drug-likeness (QED) is 0.653. The number of halogens is 1. The number of anilines is 1. The molecule has 2 rings (SSSR count). The molecular formula is C15H23FN4. The van der Waals surface area contributed by atoms with E-state index in [1.54, 1.807) is 6.07 Å². The van der Waals surface area contributed by atoms with Crippen LogP contribution in [-0.2, 0) is 0 Å². The number of hydrogen-bond acceptors (Lipinski definition) is 3. The summed E-state index contributed by atoms with van der Waals surface area (Å²) in [4.78, 5) is 4.55. The summed E-state index contributed by atoms with van der Waals surface area (Å²) in [6.45, 7) is 9.14. The predicted octanol–water partition coefficient (Wildman–Crippen LogP) is 1.89. The lowest BCUT2D eigenvalue weighted by Crippen LogP contribution is -2.48. The van der Waals surface area contributed by atoms with E-state index >= 15 is 0 Å². The highest BCUT2D eigenvalue weighted by Gasteiger charge is 2.21. The number of rotatable bonds is 4. The molecule has 0 unspecified atom stereocenters. The maximum Gasteiger partial charge on any atom is 0.136 e. The maximum atomic E-state index is 13.8. The number of piperazine rings is 1. The Kier molecular flexibility index (Phi) is 4.60. The van der Waals surface area contributed by atoms with Gasteiger partial charge < -0.3 is 10.6 Å². The van der Waals surface area contributed by atoms with Crippen molar-refractivity contribution in [3.05, 3.63) is 29.6 Å². The predicted molar refractivity (Wildman–Crippen MR) is 80.9 cm³/mol. The second-order valence-electron chi connectivity index (χ2n) is 5.73. The topological polar surface area (TPSA) is 56.4 Å². The zero-order chi connectivity index (χ0) is 14.7. The first-order valence-electron chi connectivity index (χ1n) is 7.09. The van der Waals surface area contributed by atoms with Crippen molar-refractivity contribution >= 4 is 11.5 Å². The average Bonchev–Trinajstić information content (AvgIpc) is 2.38. The van der Waals surface area contributed by atoms with Crippen LogP contribution >= 0.6 is 0 Å². The Balaban J connectivity index is 2.11. The van der Waals surface area contributed by atoms with E-state index in [1.165, 1.54) is 6.07 Å². The van der Waals surface area contributed by atoms with Crippen molar-refractivity contribution in [1.82, 2.24) is 4.90 Å². The molecule has 0 bridgehead atoms. The molecular weight excluding hydrogens is 255 g/mol. The highest BCUT2D eigenvalue weighted by Crippen LogP contribution is 2.24. The van der Waals surface area contributed by atoms with Crippen LogP contribution in [0.25, 0.3) is 0 Å². The Hall–Kier alpha value is -1.62. The van der Waals surface area contributed by atoms with E-state index < -0.39 is 5.82 Å². The lowest BCUT2D eigenvalue weighted by Gasteiger charge is -2.37. The molecule has 0 radical (unpaired) electrons. The van der Waals surface area contributed by atoms with Crippen LogP contribution in [0.15, 0.2) is 18.2 Å². The Bertz CT molecular complexity index is 479. The first-order chi connectivity index (χ1) is 9.49. The van der Waals surface area contributed by atoms with Crippen molar-refractivity contribution in [3.63, 3.8) is 0 Å². The van der Waals surface area contributed by atoms with E-state index in [1.807, 2.05) is 6.07 Å². The van der Waals surface area contributed by atoms with Gasteiger partial charge in [-0.25, -0.2) is 4.39 Å². The molecule has 0 amide bonds. The fraction of sp³-hybridized carbons (Fsp3) is 0.533. The van der Waals surface area contributed by atoms with E-state index in [0.29, 0.717) is 5.92 Å². The first-order valence-corrected chi connectivity index (χ1v) is 7.09. The Morgan fingerprint density at radius 1 is 1.30 bits per heavy atom. The molecule has 1 aromatic rings. The van der Waals surface area contributed by atoms with Crippen LogP contribution in [0.3, 0.4) is 0 Å². The van der Waals surface area contributed by atoms with Gasteiger partial charge in [0, 0.05) is 32.7 Å². The molecule has 0 atom stereocenters. The normalized spacial score (nSPS) is 16.7. The number of nitrogens with zero attached hydrogens (tertiary/aromatic N) is 2. The highest BCUT2D eigenvalue weighted by molar-refractivity contribution is 6.00. The number of benzene rings is 1. The van der Waals surface area contributed by atoms with Crippen LogP contribution in [0.4, 0.5) is 10.1 Å². The van der Waals surface area contributed by atoms with Crippen LogP contribution in [0.2, 0.25) is 0 Å². The van der Waals surface area contributed by atoms with Crippen LogP contribution < -0.4 is 10.6 Å². The minimum Gasteiger partial charge on any atom is -0.384 e. The number of amidine groups is 1. The van der Waals surface area contributed by atoms with Gasteiger partial charge in [0.1, 0.15) is 11.7 Å². The third-order valence-corrected chi connectivity index (χ3v) is 3.60. The zero-order valence-corrected chi connectivity index (χ0v) is 12.2. The highest BCUT2D eigenvalue weighted by atomic mass is 19.1. The lowest BCUT2D eigenvalue weighted by atomic mass is 10.1. The third kappa shape index (κ3) is 3.28. The molecule has 1 saturated heterocycles. The molecule has 1 heterocycles. The van der Waals surface area contributed by atoms with Gasteiger partial charge in [-0.2, -0.15) is 0 Å². The van der Waals surface area contributed by atoms with Gasteiger partial charge in [0.25, 0.3) is 0 Å². The fourth-order valence-electron chi connectivity index (χ4n) is 2.73. The fourth-order valence-corrected chi connectivity index (χ4v) is 2.73. The molecule has 110 valence electrons. The summed E-state index contributed by atoms with van der Waals surface area (Å²) in [7, 11) is 0. The smallest absolute Gasteiger partial charge is 0.136 e. The standard InChI is InChI=1S/C15H23FN4/c1-11(2)10-19-6-8-20(9-7-19)13-5-3-4-12(16)14(13)15(17)18/h3-5,11H,6-10H2,1-2H3,(H3,17,18). The summed E-state index contributed by atoms with van der Waals surface area (Å²) < 4.78 is 13.8. The molecule has 0 spiro atoms. The zero-order valence-electron chi connectivity index (χ0n) is 12.2. The van der Waals surface area contributed by atoms with Crippen molar-refractivity contribution < 1.29 is 4.39 Å². The van der Waals surface area contributed by atoms with Gasteiger partial charge in [-0.1, -0.05) is 19.9 Å². The van der Waals surface area contributed by atoms with Crippen molar-refractivity contribution in [2.75, 3.05) is 37.6 Å². The molecule has 1 aromatic carbocycles. The van der Waals surface area contributed by atoms with Gasteiger partial charge in [-0.3, -0.25) is 10.3 Å². The summed E-state index contributed by atoms with van der Waals surface area (Å²) in [6, 6.07) is 4.88. The molecule has 1 fully saturated rings. The van der Waals surface area contributed by atoms with Gasteiger partial charge in [0.05, 0.1) is 11.3 Å². The van der Waals surface area contributed by atoms with Gasteiger partial charge in [-0.15, -0.1) is 0 Å². The summed E-state index contributed by atoms with van der Waals surface area (Å²) >= 11 is 0. The Morgan fingerprint density at radius 2 is 1.95 bits per heavy atom. The van der Waals surface area contributed by atoms with Crippen LogP contribution in [-0.4, -0.2) is 43.5 Å². The second-order valence-corrected chi connectivity index (χ2v) is 5.73. The van der Waals surface area contributed by atoms with Gasteiger partial charge in [0.15, 0.2) is 0 Å². The SMILES string of the molecule is CC(C)CN1CCN(c2cccc(F)c2C(=N)N)CC1. The maximum absolute atomic E-state index is 13.8. The first kappa shape index (κ1) is 14.8. The molecule has 0 aromatic heterocycles. The molecule has 20 heavy (non-hydrogen) atoms. The summed E-state index contributed by atoms with van der Waals surface area (Å²) in [5, 5.41) is 7.57. The molecule has 1 aliphatic rings. The summed E-state index contributed by atoms with van der Waals surface area (Å²) in [6.07, 6.45) is 0. The number of nitrogens with two attached hydrogens (primary N) is 1. The van der Waals surface area contributed by atoms with Crippen molar-refractivity contribution in [1.29, 1.82) is 5.41 Å². The van der Waals surface area contributed by atoms with E-state index in [0.717, 1.165) is 38.4 Å². The molecule has 1 aliphatic heterocycles. The lowest BCUT2D eigenvalue weighted by molar-refractivity contribution is 0.231. The molecule has 5 heteroatoms. The van der Waals surface area contributed by atoms with E-state index in [2.05, 4.69) is 23.6 Å². The van der Waals surface area contributed by atoms with E-state index in [9.17, 15) is 4.39 Å². The minimum absolute atomic E-state index is 0.206. The van der Waals surface area contributed by atoms with Crippen LogP contribution in [0.5, 0.6) is 0 Å². The van der Waals surface area contributed by atoms with Crippen LogP contribution in [0, 0.1) is 17.1 Å². The average molecular weight is 278 g/mol. The largest absolute Gasteiger partial charge is 0.384 e. The number of hydrogen-bond donors (Lipinski definition) is 2. The van der Waals surface area contributed by atoms with Gasteiger partial charge >= 0.3 is 0 Å². The van der Waals surface area contributed by atoms with Crippen molar-refractivity contribution in [2.24, 2.45) is 11.7 Å². The number of nitrogen functional groups attached to an aromatic ring is 1. The second kappa shape index (κ2) is 6.22. The molecule has 4 nitrogen and oxygen atoms in total. The summed E-state index contributed by atoms with van der Waals surface area (Å²) in [5.41, 5.74) is 6.49. The van der Waals surface area contributed by atoms with E-state index in [-0.39, 0.29) is 11.4 Å². The minimum atomic E-state index is -0.417. The molecule has 0 aliphatic carbocycles. The van der Waals surface area contributed by atoms with Crippen molar-refractivity contribution in [2.45, 2.75) is 13.8 Å². The monoisotopic (exact) mass is 278 g/mol. The van der Waals surface area contributed by atoms with Crippen molar-refractivity contribution in [3.8, 4) is 0 Å². The van der Waals surface area contributed by atoms with E-state index in [4.69, 9.17) is 11.1 Å². The van der Waals surface area contributed by atoms with Gasteiger partial charge in [-0.05, 0) is 18.1 Å². The number of nitrogens with one attached hydrogen (secondary N) is 1. The molecule has 0 saturated carbocycles. The Morgan fingerprint density at radius 3 is 2.50 bits per heavy atom. The Labute approximate surface area is 119 Å². The third-order valence-electron chi connectivity index (χ3n) is 3.60. The van der Waals surface area contributed by atoms with Crippen LogP contribution in [0.1, 0.15) is 19.4 Å².